The van der Waals surface area contributed by atoms with Crippen LogP contribution in [0.3, 0.4) is 0 Å². The van der Waals surface area contributed by atoms with Gasteiger partial charge in [0.25, 0.3) is 0 Å². The van der Waals surface area contributed by atoms with E-state index in [1.165, 1.54) is 22.3 Å². The topological polar surface area (TPSA) is 66.0 Å². The van der Waals surface area contributed by atoms with Gasteiger partial charge in [0, 0.05) is 17.5 Å². The lowest BCUT2D eigenvalue weighted by Crippen LogP contribution is -2.31. The van der Waals surface area contributed by atoms with Gasteiger partial charge in [0.2, 0.25) is 0 Å². The van der Waals surface area contributed by atoms with Crippen molar-refractivity contribution in [1.29, 1.82) is 0 Å². The maximum absolute atomic E-state index is 13.2. The van der Waals surface area contributed by atoms with E-state index in [0.29, 0.717) is 11.5 Å². The molecule has 0 aliphatic heterocycles. The minimum Gasteiger partial charge on any atom is -0.497 e. The van der Waals surface area contributed by atoms with Crippen molar-refractivity contribution >= 4 is 6.09 Å². The average Bonchev–Trinajstić information content (AvgIpc) is 3.28. The third-order valence-corrected chi connectivity index (χ3v) is 6.81. The SMILES string of the molecule is COc1ccc(C(NC(=O)OCC2c3ccccc3-c3ccccc32)c2ccc(OC)cc2OC)cc1. The molecule has 0 aromatic heterocycles. The lowest BCUT2D eigenvalue weighted by atomic mass is 9.97. The highest BCUT2D eigenvalue weighted by molar-refractivity contribution is 5.79. The summed E-state index contributed by atoms with van der Waals surface area (Å²) in [4.78, 5) is 13.2. The van der Waals surface area contributed by atoms with Crippen LogP contribution in [0.4, 0.5) is 4.79 Å². The molecule has 5 rings (SSSR count). The fourth-order valence-corrected chi connectivity index (χ4v) is 4.95. The van der Waals surface area contributed by atoms with E-state index in [1.807, 2.05) is 60.7 Å². The molecule has 1 N–H and O–H groups in total. The summed E-state index contributed by atoms with van der Waals surface area (Å²) in [7, 11) is 4.81. The molecule has 0 bridgehead atoms. The molecular formula is C31H29NO5. The number of rotatable bonds is 8. The molecule has 0 saturated heterocycles. The number of nitrogens with one attached hydrogen (secondary N) is 1. The Bertz CT molecular complexity index is 1350. The fourth-order valence-electron chi connectivity index (χ4n) is 4.95. The number of ether oxygens (including phenoxy) is 4. The summed E-state index contributed by atoms with van der Waals surface area (Å²) in [5.41, 5.74) is 6.34. The van der Waals surface area contributed by atoms with Crippen LogP contribution < -0.4 is 19.5 Å². The predicted molar refractivity (Wildman–Crippen MR) is 143 cm³/mol. The number of carbonyl (C=O) groups excluding carboxylic acids is 1. The van der Waals surface area contributed by atoms with Gasteiger partial charge in [-0.25, -0.2) is 4.79 Å². The van der Waals surface area contributed by atoms with Gasteiger partial charge in [-0.05, 0) is 52.1 Å². The predicted octanol–water partition coefficient (Wildman–Crippen LogP) is 6.34. The van der Waals surface area contributed by atoms with E-state index >= 15 is 0 Å². The molecule has 1 unspecified atom stereocenters. The minimum absolute atomic E-state index is 0.0203. The van der Waals surface area contributed by atoms with Gasteiger partial charge in [0.1, 0.15) is 23.9 Å². The fraction of sp³-hybridized carbons (Fsp3) is 0.194. The Kier molecular flexibility index (Phi) is 6.99. The highest BCUT2D eigenvalue weighted by Crippen LogP contribution is 2.44. The minimum atomic E-state index is -0.513. The number of carbonyl (C=O) groups is 1. The van der Waals surface area contributed by atoms with Gasteiger partial charge in [-0.1, -0.05) is 60.7 Å². The van der Waals surface area contributed by atoms with Crippen LogP contribution in [-0.2, 0) is 4.74 Å². The van der Waals surface area contributed by atoms with Gasteiger partial charge in [0.15, 0.2) is 0 Å². The second kappa shape index (κ2) is 10.7. The van der Waals surface area contributed by atoms with Gasteiger partial charge < -0.3 is 24.3 Å². The third-order valence-electron chi connectivity index (χ3n) is 6.81. The molecular weight excluding hydrogens is 466 g/mol. The molecule has 1 aliphatic carbocycles. The van der Waals surface area contributed by atoms with Crippen LogP contribution in [0.25, 0.3) is 11.1 Å². The van der Waals surface area contributed by atoms with Crippen LogP contribution in [-0.4, -0.2) is 34.0 Å². The van der Waals surface area contributed by atoms with Crippen LogP contribution in [0.2, 0.25) is 0 Å². The third kappa shape index (κ3) is 4.83. The number of benzene rings is 4. The van der Waals surface area contributed by atoms with E-state index in [0.717, 1.165) is 16.9 Å². The van der Waals surface area contributed by atoms with E-state index in [1.54, 1.807) is 27.4 Å². The molecule has 0 spiro atoms. The van der Waals surface area contributed by atoms with Crippen LogP contribution in [0.15, 0.2) is 91.0 Å². The Morgan fingerprint density at radius 2 is 1.35 bits per heavy atom. The van der Waals surface area contributed by atoms with Crippen LogP contribution in [0.1, 0.15) is 34.2 Å². The number of hydrogen-bond donors (Lipinski definition) is 1. The van der Waals surface area contributed by atoms with Gasteiger partial charge in [0.05, 0.1) is 27.4 Å². The van der Waals surface area contributed by atoms with Crippen molar-refractivity contribution in [2.45, 2.75) is 12.0 Å². The first-order chi connectivity index (χ1) is 18.1. The Hall–Kier alpha value is -4.45. The zero-order valence-corrected chi connectivity index (χ0v) is 21.1. The lowest BCUT2D eigenvalue weighted by Gasteiger charge is -2.23. The first kappa shape index (κ1) is 24.3. The second-order valence-corrected chi connectivity index (χ2v) is 8.78. The van der Waals surface area contributed by atoms with Gasteiger partial charge in [-0.3, -0.25) is 0 Å². The number of alkyl carbamates (subject to hydrolysis) is 1. The van der Waals surface area contributed by atoms with Crippen molar-refractivity contribution in [1.82, 2.24) is 5.32 Å². The number of fused-ring (bicyclic) bond motifs is 3. The molecule has 188 valence electrons. The van der Waals surface area contributed by atoms with Gasteiger partial charge >= 0.3 is 6.09 Å². The first-order valence-corrected chi connectivity index (χ1v) is 12.1. The molecule has 4 aromatic rings. The average molecular weight is 496 g/mol. The summed E-state index contributed by atoms with van der Waals surface area (Å²) in [5, 5.41) is 3.05. The molecule has 1 atom stereocenters. The second-order valence-electron chi connectivity index (χ2n) is 8.78. The van der Waals surface area contributed by atoms with E-state index < -0.39 is 12.1 Å². The van der Waals surface area contributed by atoms with E-state index in [4.69, 9.17) is 18.9 Å². The van der Waals surface area contributed by atoms with E-state index in [-0.39, 0.29) is 12.5 Å². The summed E-state index contributed by atoms with van der Waals surface area (Å²) < 4.78 is 22.1. The maximum Gasteiger partial charge on any atom is 0.407 e. The lowest BCUT2D eigenvalue weighted by molar-refractivity contribution is 0.140. The van der Waals surface area contributed by atoms with E-state index in [9.17, 15) is 4.79 Å². The summed E-state index contributed by atoms with van der Waals surface area (Å²) in [5.74, 6) is 1.97. The van der Waals surface area contributed by atoms with Crippen molar-refractivity contribution in [3.05, 3.63) is 113 Å². The standard InChI is InChI=1S/C31H29NO5/c1-34-21-14-12-20(13-15-21)30(27-17-16-22(35-2)18-29(27)36-3)32-31(33)37-19-28-25-10-6-4-8-23(25)24-9-5-7-11-26(24)28/h4-18,28,30H,19H2,1-3H3,(H,32,33). The normalized spacial score (nSPS) is 12.7. The van der Waals surface area contributed by atoms with Crippen molar-refractivity contribution in [2.24, 2.45) is 0 Å². The molecule has 6 heteroatoms. The largest absolute Gasteiger partial charge is 0.497 e. The molecule has 37 heavy (non-hydrogen) atoms. The zero-order valence-electron chi connectivity index (χ0n) is 21.1. The Morgan fingerprint density at radius 1 is 0.757 bits per heavy atom. The van der Waals surface area contributed by atoms with Crippen molar-refractivity contribution < 1.29 is 23.7 Å². The highest BCUT2D eigenvalue weighted by atomic mass is 16.5. The molecule has 1 aliphatic rings. The number of hydrogen-bond acceptors (Lipinski definition) is 5. The maximum atomic E-state index is 13.2. The molecule has 0 saturated carbocycles. The molecule has 4 aromatic carbocycles. The summed E-state index contributed by atoms with van der Waals surface area (Å²) >= 11 is 0. The number of methoxy groups -OCH3 is 3. The van der Waals surface area contributed by atoms with Crippen molar-refractivity contribution in [3.63, 3.8) is 0 Å². The quantitative estimate of drug-likeness (QED) is 0.309. The van der Waals surface area contributed by atoms with Gasteiger partial charge in [-0.2, -0.15) is 0 Å². The summed E-state index contributed by atoms with van der Waals surface area (Å²) in [6.07, 6.45) is -0.513. The van der Waals surface area contributed by atoms with Crippen LogP contribution in [0.5, 0.6) is 17.2 Å². The van der Waals surface area contributed by atoms with Gasteiger partial charge in [-0.15, -0.1) is 0 Å². The van der Waals surface area contributed by atoms with Crippen LogP contribution in [0, 0.1) is 0 Å². The Balaban J connectivity index is 1.40. The zero-order chi connectivity index (χ0) is 25.8. The monoisotopic (exact) mass is 495 g/mol. The van der Waals surface area contributed by atoms with Crippen molar-refractivity contribution in [2.75, 3.05) is 27.9 Å². The first-order valence-electron chi connectivity index (χ1n) is 12.1. The summed E-state index contributed by atoms with van der Waals surface area (Å²) in [6, 6.07) is 29.1. The highest BCUT2D eigenvalue weighted by Gasteiger charge is 2.30. The Labute approximate surface area is 216 Å². The van der Waals surface area contributed by atoms with Crippen LogP contribution >= 0.6 is 0 Å². The molecule has 0 heterocycles. The summed E-state index contributed by atoms with van der Waals surface area (Å²) in [6.45, 7) is 0.231. The molecule has 0 fully saturated rings. The number of amides is 1. The molecule has 1 amide bonds. The molecule has 0 radical (unpaired) electrons. The van der Waals surface area contributed by atoms with E-state index in [2.05, 4.69) is 29.6 Å². The van der Waals surface area contributed by atoms with Crippen molar-refractivity contribution in [3.8, 4) is 28.4 Å². The smallest absolute Gasteiger partial charge is 0.407 e. The Morgan fingerprint density at radius 3 is 1.95 bits per heavy atom. The molecule has 6 nitrogen and oxygen atoms in total.